The minimum absolute atomic E-state index is 0.199. The smallest absolute Gasteiger partial charge is 0.316 e. The van der Waals surface area contributed by atoms with Crippen molar-refractivity contribution in [1.29, 1.82) is 0 Å². The van der Waals surface area contributed by atoms with Crippen molar-refractivity contribution in [1.82, 2.24) is 4.90 Å². The van der Waals surface area contributed by atoms with Crippen molar-refractivity contribution in [2.45, 2.75) is 19.3 Å². The number of carboxylic acid groups (broad SMARTS) is 1. The molecule has 0 radical (unpaired) electrons. The molecule has 0 aromatic heterocycles. The van der Waals surface area contributed by atoms with Gasteiger partial charge in [-0.05, 0) is 30.4 Å². The topological polar surface area (TPSA) is 57.6 Å². The second-order valence-corrected chi connectivity index (χ2v) is 3.60. The van der Waals surface area contributed by atoms with Crippen molar-refractivity contribution in [2.75, 3.05) is 13.1 Å². The molecule has 0 spiro atoms. The number of likely N-dealkylation sites (tertiary alicyclic amines) is 1. The lowest BCUT2D eigenvalue weighted by molar-refractivity contribution is -0.138. The summed E-state index contributed by atoms with van der Waals surface area (Å²) in [7, 11) is 0. The Hall–Kier alpha value is -0.770. The number of rotatable bonds is 2. The first kappa shape index (κ1) is 10.3. The predicted molar refractivity (Wildman–Crippen MR) is 47.8 cm³/mol. The molecule has 5 heteroatoms. The van der Waals surface area contributed by atoms with Crippen molar-refractivity contribution in [2.24, 2.45) is 5.92 Å². The number of halogens is 1. The summed E-state index contributed by atoms with van der Waals surface area (Å²) < 4.78 is 0. The number of amides is 1. The van der Waals surface area contributed by atoms with E-state index in [1.165, 1.54) is 0 Å². The second kappa shape index (κ2) is 4.46. The molecule has 0 saturated carbocycles. The Morgan fingerprint density at radius 1 is 1.38 bits per heavy atom. The largest absolute Gasteiger partial charge is 0.481 e. The van der Waals surface area contributed by atoms with Crippen LogP contribution in [0.2, 0.25) is 0 Å². The van der Waals surface area contributed by atoms with Crippen molar-refractivity contribution in [3.63, 3.8) is 0 Å². The first-order chi connectivity index (χ1) is 6.09. The van der Waals surface area contributed by atoms with Crippen molar-refractivity contribution >= 4 is 22.9 Å². The van der Waals surface area contributed by atoms with Crippen LogP contribution in [-0.4, -0.2) is 34.4 Å². The highest BCUT2D eigenvalue weighted by Gasteiger charge is 2.22. The van der Waals surface area contributed by atoms with Crippen LogP contribution < -0.4 is 0 Å². The maximum Gasteiger partial charge on any atom is 0.316 e. The average molecular weight is 206 g/mol. The van der Waals surface area contributed by atoms with Gasteiger partial charge in [0, 0.05) is 19.5 Å². The zero-order valence-corrected chi connectivity index (χ0v) is 7.96. The van der Waals surface area contributed by atoms with Gasteiger partial charge < -0.3 is 10.0 Å². The van der Waals surface area contributed by atoms with Gasteiger partial charge in [0.15, 0.2) is 0 Å². The van der Waals surface area contributed by atoms with Gasteiger partial charge >= 0.3 is 11.3 Å². The summed E-state index contributed by atoms with van der Waals surface area (Å²) in [5.74, 6) is -0.569. The van der Waals surface area contributed by atoms with Gasteiger partial charge in [0.2, 0.25) is 0 Å². The van der Waals surface area contributed by atoms with Gasteiger partial charge in [-0.1, -0.05) is 0 Å². The lowest BCUT2D eigenvalue weighted by atomic mass is 9.94. The van der Waals surface area contributed by atoms with E-state index in [1.807, 2.05) is 0 Å². The molecular formula is C8H12ClNO3. The summed E-state index contributed by atoms with van der Waals surface area (Å²) >= 11 is 5.28. The van der Waals surface area contributed by atoms with Crippen LogP contribution in [0.3, 0.4) is 0 Å². The van der Waals surface area contributed by atoms with Crippen LogP contribution in [0.1, 0.15) is 19.3 Å². The maximum atomic E-state index is 10.7. The molecule has 1 N–H and O–H groups in total. The van der Waals surface area contributed by atoms with Crippen LogP contribution in [0.5, 0.6) is 0 Å². The minimum atomic E-state index is -0.768. The van der Waals surface area contributed by atoms with E-state index in [0.29, 0.717) is 13.1 Å². The lowest BCUT2D eigenvalue weighted by Crippen LogP contribution is -2.35. The third kappa shape index (κ3) is 3.22. The normalized spacial score (nSPS) is 18.7. The quantitative estimate of drug-likeness (QED) is 0.550. The number of carboxylic acids is 1. The summed E-state index contributed by atoms with van der Waals surface area (Å²) in [6, 6.07) is 0. The molecule has 13 heavy (non-hydrogen) atoms. The van der Waals surface area contributed by atoms with E-state index in [9.17, 15) is 9.59 Å². The van der Waals surface area contributed by atoms with Gasteiger partial charge in [-0.25, -0.2) is 0 Å². The van der Waals surface area contributed by atoms with E-state index in [2.05, 4.69) is 0 Å². The van der Waals surface area contributed by atoms with E-state index >= 15 is 0 Å². The van der Waals surface area contributed by atoms with E-state index in [0.717, 1.165) is 12.8 Å². The fraction of sp³-hybridized carbons (Fsp3) is 0.750. The molecule has 1 heterocycles. The first-order valence-electron chi connectivity index (χ1n) is 4.26. The van der Waals surface area contributed by atoms with Crippen LogP contribution in [0.4, 0.5) is 4.79 Å². The predicted octanol–water partition coefficient (Wildman–Crippen LogP) is 1.53. The summed E-state index contributed by atoms with van der Waals surface area (Å²) in [4.78, 5) is 22.6. The standard InChI is InChI=1S/C8H12ClNO3/c9-8(13)10-3-1-6(2-4-10)5-7(11)12/h6H,1-5H2,(H,11,12). The maximum absolute atomic E-state index is 10.7. The van der Waals surface area contributed by atoms with E-state index in [4.69, 9.17) is 16.7 Å². The number of hydrogen-bond donors (Lipinski definition) is 1. The molecular weight excluding hydrogens is 194 g/mol. The first-order valence-corrected chi connectivity index (χ1v) is 4.63. The van der Waals surface area contributed by atoms with E-state index < -0.39 is 11.3 Å². The minimum Gasteiger partial charge on any atom is -0.481 e. The van der Waals surface area contributed by atoms with Gasteiger partial charge in [-0.15, -0.1) is 0 Å². The highest BCUT2D eigenvalue weighted by atomic mass is 35.5. The van der Waals surface area contributed by atoms with Crippen LogP contribution >= 0.6 is 11.6 Å². The molecule has 74 valence electrons. The number of carbonyl (C=O) groups is 2. The molecule has 0 aromatic carbocycles. The fourth-order valence-electron chi connectivity index (χ4n) is 1.56. The molecule has 0 aromatic rings. The Morgan fingerprint density at radius 2 is 1.92 bits per heavy atom. The Balaban J connectivity index is 2.30. The molecule has 0 bridgehead atoms. The summed E-state index contributed by atoms with van der Waals surface area (Å²) in [5, 5.41) is 8.10. The molecule has 1 aliphatic rings. The lowest BCUT2D eigenvalue weighted by Gasteiger charge is -2.29. The second-order valence-electron chi connectivity index (χ2n) is 3.28. The van der Waals surface area contributed by atoms with Gasteiger partial charge in [-0.3, -0.25) is 9.59 Å². The van der Waals surface area contributed by atoms with Gasteiger partial charge in [-0.2, -0.15) is 0 Å². The highest BCUT2D eigenvalue weighted by molar-refractivity contribution is 6.62. The third-order valence-corrected chi connectivity index (χ3v) is 2.57. The summed E-state index contributed by atoms with van der Waals surface area (Å²) in [6.45, 7) is 1.17. The van der Waals surface area contributed by atoms with Crippen LogP contribution in [0.15, 0.2) is 0 Å². The van der Waals surface area contributed by atoms with Crippen molar-refractivity contribution in [3.8, 4) is 0 Å². The fourth-order valence-corrected chi connectivity index (χ4v) is 1.73. The molecule has 0 unspecified atom stereocenters. The van der Waals surface area contributed by atoms with Crippen molar-refractivity contribution < 1.29 is 14.7 Å². The molecule has 1 saturated heterocycles. The molecule has 4 nitrogen and oxygen atoms in total. The molecule has 1 aliphatic heterocycles. The van der Waals surface area contributed by atoms with E-state index in [1.54, 1.807) is 4.90 Å². The molecule has 1 rings (SSSR count). The van der Waals surface area contributed by atoms with Crippen LogP contribution in [-0.2, 0) is 4.79 Å². The zero-order chi connectivity index (χ0) is 9.84. The summed E-state index contributed by atoms with van der Waals surface area (Å²) in [5.41, 5.74) is 0. The van der Waals surface area contributed by atoms with Crippen molar-refractivity contribution in [3.05, 3.63) is 0 Å². The number of nitrogens with zero attached hydrogens (tertiary/aromatic N) is 1. The Labute approximate surface area is 81.5 Å². The van der Waals surface area contributed by atoms with Crippen LogP contribution in [0, 0.1) is 5.92 Å². The van der Waals surface area contributed by atoms with Gasteiger partial charge in [0.1, 0.15) is 0 Å². The third-order valence-electron chi connectivity index (χ3n) is 2.33. The molecule has 1 fully saturated rings. The number of hydrogen-bond acceptors (Lipinski definition) is 2. The number of aliphatic carboxylic acids is 1. The van der Waals surface area contributed by atoms with Gasteiger partial charge in [0.25, 0.3) is 0 Å². The highest BCUT2D eigenvalue weighted by Crippen LogP contribution is 2.20. The molecule has 0 aliphatic carbocycles. The summed E-state index contributed by atoms with van der Waals surface area (Å²) in [6.07, 6.45) is 1.68. The van der Waals surface area contributed by atoms with Gasteiger partial charge in [0.05, 0.1) is 0 Å². The number of piperidine rings is 1. The SMILES string of the molecule is O=C(O)CC1CCN(C(=O)Cl)CC1. The molecule has 0 atom stereocenters. The zero-order valence-electron chi connectivity index (χ0n) is 7.20. The molecule has 1 amide bonds. The Bertz CT molecular complexity index is 211. The monoisotopic (exact) mass is 205 g/mol. The number of carbonyl (C=O) groups excluding carboxylic acids is 1. The van der Waals surface area contributed by atoms with Crippen LogP contribution in [0.25, 0.3) is 0 Å². The Kier molecular flexibility index (Phi) is 3.54. The Morgan fingerprint density at radius 3 is 2.31 bits per heavy atom. The van der Waals surface area contributed by atoms with E-state index in [-0.39, 0.29) is 12.3 Å². The average Bonchev–Trinajstić information content (AvgIpc) is 2.04.